The molecule has 72 heavy (non-hydrogen) atoms. The summed E-state index contributed by atoms with van der Waals surface area (Å²) in [6.07, 6.45) is 91.6. The third kappa shape index (κ3) is 58.6. The molecule has 0 fully saturated rings. The third-order valence-electron chi connectivity index (χ3n) is 12.4. The lowest BCUT2D eigenvalue weighted by Gasteiger charge is -2.15. The van der Waals surface area contributed by atoms with Crippen LogP contribution in [0.3, 0.4) is 0 Å². The van der Waals surface area contributed by atoms with E-state index in [1.165, 1.54) is 116 Å². The van der Waals surface area contributed by atoms with Crippen molar-refractivity contribution in [3.63, 3.8) is 0 Å². The summed E-state index contributed by atoms with van der Waals surface area (Å²) in [5.74, 6) is -0.628. The van der Waals surface area contributed by atoms with Crippen LogP contribution < -0.4 is 0 Å². The van der Waals surface area contributed by atoms with E-state index in [-0.39, 0.29) is 25.2 Å². The maximum Gasteiger partial charge on any atom is 0.306 e. The number of esters is 2. The van der Waals surface area contributed by atoms with Crippen LogP contribution in [-0.4, -0.2) is 36.4 Å². The number of aliphatic hydroxyl groups is 1. The van der Waals surface area contributed by atoms with Crippen LogP contribution in [0.4, 0.5) is 0 Å². The van der Waals surface area contributed by atoms with E-state index in [4.69, 9.17) is 9.47 Å². The van der Waals surface area contributed by atoms with Gasteiger partial charge in [-0.25, -0.2) is 0 Å². The highest BCUT2D eigenvalue weighted by molar-refractivity contribution is 5.70. The van der Waals surface area contributed by atoms with Gasteiger partial charge in [0.2, 0.25) is 0 Å². The Hall–Kier alpha value is -3.96. The summed E-state index contributed by atoms with van der Waals surface area (Å²) in [5, 5.41) is 9.65. The van der Waals surface area contributed by atoms with Gasteiger partial charge >= 0.3 is 11.9 Å². The van der Waals surface area contributed by atoms with Gasteiger partial charge < -0.3 is 14.6 Å². The maximum atomic E-state index is 12.3. The fourth-order valence-corrected chi connectivity index (χ4v) is 8.06. The van der Waals surface area contributed by atoms with E-state index in [1.54, 1.807) is 0 Å². The van der Waals surface area contributed by atoms with Crippen molar-refractivity contribution in [1.82, 2.24) is 0 Å². The molecule has 0 rings (SSSR count). The quantitative estimate of drug-likeness (QED) is 0.0373. The zero-order chi connectivity index (χ0) is 52.0. The molecule has 0 aliphatic rings. The SMILES string of the molecule is CC/C=C\C/C=C\C/C=C\C/C=C\C/C=C\C/C=C\CCCCCCCCCCCCCCCCCCCCCCC(=O)OC(CO)COC(=O)CCCCC/C=C\C/C=C\C/C=C\C/C=C\C/C=C\CC. The van der Waals surface area contributed by atoms with Crippen molar-refractivity contribution >= 4 is 11.9 Å². The molecule has 0 heterocycles. The molecule has 0 saturated heterocycles. The predicted octanol–water partition coefficient (Wildman–Crippen LogP) is 20.4. The molecule has 0 amide bonds. The van der Waals surface area contributed by atoms with Crippen molar-refractivity contribution in [2.24, 2.45) is 0 Å². The summed E-state index contributed by atoms with van der Waals surface area (Å²) < 4.78 is 10.7. The molecule has 0 aromatic carbocycles. The zero-order valence-corrected chi connectivity index (χ0v) is 46.6. The van der Waals surface area contributed by atoms with Gasteiger partial charge in [0.05, 0.1) is 6.61 Å². The Kier molecular flexibility index (Phi) is 58.0. The van der Waals surface area contributed by atoms with Gasteiger partial charge in [0.1, 0.15) is 6.61 Å². The molecule has 0 saturated carbocycles. The largest absolute Gasteiger partial charge is 0.462 e. The Morgan fingerprint density at radius 3 is 0.847 bits per heavy atom. The van der Waals surface area contributed by atoms with Gasteiger partial charge in [-0.05, 0) is 109 Å². The topological polar surface area (TPSA) is 72.8 Å². The molecule has 0 spiro atoms. The van der Waals surface area contributed by atoms with E-state index in [0.29, 0.717) is 12.8 Å². The van der Waals surface area contributed by atoms with Gasteiger partial charge in [0, 0.05) is 12.8 Å². The lowest BCUT2D eigenvalue weighted by Crippen LogP contribution is -2.28. The average molecular weight is 996 g/mol. The van der Waals surface area contributed by atoms with Gasteiger partial charge in [-0.2, -0.15) is 0 Å². The van der Waals surface area contributed by atoms with E-state index in [2.05, 4.69) is 148 Å². The molecule has 0 radical (unpaired) electrons. The number of hydrogen-bond acceptors (Lipinski definition) is 5. The van der Waals surface area contributed by atoms with E-state index >= 15 is 0 Å². The smallest absolute Gasteiger partial charge is 0.306 e. The van der Waals surface area contributed by atoms with Crippen molar-refractivity contribution in [2.75, 3.05) is 13.2 Å². The summed E-state index contributed by atoms with van der Waals surface area (Å²) >= 11 is 0. The summed E-state index contributed by atoms with van der Waals surface area (Å²) in [6.45, 7) is 3.89. The minimum absolute atomic E-state index is 0.0877. The van der Waals surface area contributed by atoms with Gasteiger partial charge in [-0.3, -0.25) is 9.59 Å². The Morgan fingerprint density at radius 2 is 0.556 bits per heavy atom. The van der Waals surface area contributed by atoms with Gasteiger partial charge in [-0.1, -0.05) is 270 Å². The van der Waals surface area contributed by atoms with Crippen LogP contribution in [0.25, 0.3) is 0 Å². The highest BCUT2D eigenvalue weighted by atomic mass is 16.6. The van der Waals surface area contributed by atoms with Crippen molar-refractivity contribution < 1.29 is 24.2 Å². The van der Waals surface area contributed by atoms with Crippen molar-refractivity contribution in [3.8, 4) is 0 Å². The molecule has 1 atom stereocenters. The lowest BCUT2D eigenvalue weighted by atomic mass is 10.0. The standard InChI is InChI=1S/C67H110O5/c1-3-5-7-9-11-13-15-17-19-21-23-24-25-26-27-28-29-30-31-32-33-34-35-36-37-38-39-40-41-42-44-46-48-50-52-54-56-58-60-62-67(70)72-65(63-68)64-71-66(69)61-59-57-55-53-51-49-47-45-43-22-20-18-16-14-12-10-8-6-4-2/h5-8,11-14,17-20,23-24,26-27,29-30,43,45,49,51,65,68H,3-4,9-10,15-16,21-22,25,28,31-42,44,46-48,50,52-64H2,1-2H3/b7-5-,8-6-,13-11-,14-12-,19-17-,20-18-,24-23-,27-26-,30-29-,45-43-,51-49-. The second kappa shape index (κ2) is 61.3. The van der Waals surface area contributed by atoms with E-state index < -0.39 is 6.10 Å². The molecule has 408 valence electrons. The van der Waals surface area contributed by atoms with Crippen molar-refractivity contribution in [1.29, 1.82) is 0 Å². The van der Waals surface area contributed by atoms with Gasteiger partial charge in [0.25, 0.3) is 0 Å². The first kappa shape index (κ1) is 68.0. The number of aliphatic hydroxyl groups excluding tert-OH is 1. The minimum Gasteiger partial charge on any atom is -0.462 e. The van der Waals surface area contributed by atoms with Gasteiger partial charge in [-0.15, -0.1) is 0 Å². The lowest BCUT2D eigenvalue weighted by molar-refractivity contribution is -0.161. The van der Waals surface area contributed by atoms with Crippen LogP contribution in [0.15, 0.2) is 134 Å². The Balaban J connectivity index is 3.50. The first-order valence-electron chi connectivity index (χ1n) is 29.7. The molecule has 1 unspecified atom stereocenters. The summed E-state index contributed by atoms with van der Waals surface area (Å²) in [4.78, 5) is 24.5. The molecule has 5 nitrogen and oxygen atoms in total. The maximum absolute atomic E-state index is 12.3. The Labute approximate surface area is 445 Å². The second-order valence-corrected chi connectivity index (χ2v) is 19.3. The molecular formula is C67H110O5. The number of unbranched alkanes of at least 4 members (excludes halogenated alkanes) is 23. The van der Waals surface area contributed by atoms with Crippen LogP contribution in [0.1, 0.15) is 258 Å². The highest BCUT2D eigenvalue weighted by Gasteiger charge is 2.16. The monoisotopic (exact) mass is 995 g/mol. The highest BCUT2D eigenvalue weighted by Crippen LogP contribution is 2.16. The number of carbonyl (C=O) groups excluding carboxylic acids is 2. The Morgan fingerprint density at radius 1 is 0.319 bits per heavy atom. The fourth-order valence-electron chi connectivity index (χ4n) is 8.06. The first-order chi connectivity index (χ1) is 35.6. The Bertz CT molecular complexity index is 1500. The molecule has 0 aliphatic heterocycles. The van der Waals surface area contributed by atoms with Crippen LogP contribution in [-0.2, 0) is 19.1 Å². The summed E-state index contributed by atoms with van der Waals surface area (Å²) in [5.41, 5.74) is 0. The van der Waals surface area contributed by atoms with Crippen LogP contribution in [0, 0.1) is 0 Å². The average Bonchev–Trinajstić information content (AvgIpc) is 3.38. The fraction of sp³-hybridized carbons (Fsp3) is 0.642. The van der Waals surface area contributed by atoms with E-state index in [1.807, 2.05) is 0 Å². The molecule has 0 aliphatic carbocycles. The summed E-state index contributed by atoms with van der Waals surface area (Å²) in [6, 6.07) is 0. The number of hydrogen-bond donors (Lipinski definition) is 1. The predicted molar refractivity (Wildman–Crippen MR) is 315 cm³/mol. The van der Waals surface area contributed by atoms with Crippen molar-refractivity contribution in [2.45, 2.75) is 264 Å². The molecular weight excluding hydrogens is 885 g/mol. The third-order valence-corrected chi connectivity index (χ3v) is 12.4. The van der Waals surface area contributed by atoms with Gasteiger partial charge in [0.15, 0.2) is 6.10 Å². The molecule has 5 heteroatoms. The number of allylic oxidation sites excluding steroid dienone is 22. The number of carbonyl (C=O) groups is 2. The molecule has 0 bridgehead atoms. The zero-order valence-electron chi connectivity index (χ0n) is 46.6. The number of ether oxygens (including phenoxy) is 2. The van der Waals surface area contributed by atoms with Crippen LogP contribution in [0.2, 0.25) is 0 Å². The van der Waals surface area contributed by atoms with Crippen molar-refractivity contribution in [3.05, 3.63) is 134 Å². The van der Waals surface area contributed by atoms with Crippen LogP contribution in [0.5, 0.6) is 0 Å². The minimum atomic E-state index is -0.793. The number of rotatable bonds is 53. The summed E-state index contributed by atoms with van der Waals surface area (Å²) in [7, 11) is 0. The van der Waals surface area contributed by atoms with Crippen LogP contribution >= 0.6 is 0 Å². The second-order valence-electron chi connectivity index (χ2n) is 19.3. The normalized spacial score (nSPS) is 13.2. The van der Waals surface area contributed by atoms with E-state index in [0.717, 1.165) is 116 Å². The molecule has 0 aromatic rings. The van der Waals surface area contributed by atoms with E-state index in [9.17, 15) is 14.7 Å². The molecule has 0 aromatic heterocycles. The first-order valence-corrected chi connectivity index (χ1v) is 29.7. The molecule has 1 N–H and O–H groups in total.